The van der Waals surface area contributed by atoms with Crippen LogP contribution in [0, 0.1) is 0 Å². The van der Waals surface area contributed by atoms with Crippen LogP contribution in [-0.2, 0) is 10.2 Å². The normalized spacial score (nSPS) is 11.4. The summed E-state index contributed by atoms with van der Waals surface area (Å²) in [7, 11) is 0. The molecule has 4 heteroatoms. The molecule has 1 N–H and O–H groups in total. The minimum atomic E-state index is -0.0589. The van der Waals surface area contributed by atoms with Gasteiger partial charge in [-0.25, -0.2) is 4.98 Å². The molecule has 3 nitrogen and oxygen atoms in total. The fourth-order valence-corrected chi connectivity index (χ4v) is 2.60. The first-order chi connectivity index (χ1) is 8.86. The molecule has 1 amide bonds. The third-order valence-electron chi connectivity index (χ3n) is 2.65. The first kappa shape index (κ1) is 13.7. The van der Waals surface area contributed by atoms with Crippen molar-refractivity contribution in [3.05, 3.63) is 34.7 Å². The highest BCUT2D eigenvalue weighted by Gasteiger charge is 2.18. The number of rotatable bonds is 2. The third-order valence-corrected chi connectivity index (χ3v) is 3.91. The molecule has 1 aromatic carbocycles. The van der Waals surface area contributed by atoms with Gasteiger partial charge in [-0.2, -0.15) is 0 Å². The van der Waals surface area contributed by atoms with Crippen molar-refractivity contribution in [2.45, 2.75) is 33.1 Å². The maximum atomic E-state index is 11.0. The largest absolute Gasteiger partial charge is 0.326 e. The van der Waals surface area contributed by atoms with Gasteiger partial charge in [-0.05, 0) is 12.1 Å². The van der Waals surface area contributed by atoms with Gasteiger partial charge in [-0.3, -0.25) is 4.79 Å². The van der Waals surface area contributed by atoms with Gasteiger partial charge >= 0.3 is 0 Å². The van der Waals surface area contributed by atoms with Crippen LogP contribution in [0.2, 0.25) is 0 Å². The number of thiazole rings is 1. The van der Waals surface area contributed by atoms with Crippen molar-refractivity contribution in [1.29, 1.82) is 0 Å². The number of anilines is 1. The first-order valence-electron chi connectivity index (χ1n) is 6.20. The number of nitrogens with zero attached hydrogens (tertiary/aromatic N) is 1. The van der Waals surface area contributed by atoms with Crippen molar-refractivity contribution in [2.24, 2.45) is 0 Å². The highest BCUT2D eigenvalue weighted by atomic mass is 32.1. The summed E-state index contributed by atoms with van der Waals surface area (Å²) in [5.74, 6) is -0.0589. The quantitative estimate of drug-likeness (QED) is 0.897. The topological polar surface area (TPSA) is 42.0 Å². The van der Waals surface area contributed by atoms with Gasteiger partial charge in [0.2, 0.25) is 5.91 Å². The summed E-state index contributed by atoms with van der Waals surface area (Å²) in [5.41, 5.74) is 2.95. The van der Waals surface area contributed by atoms with Crippen LogP contribution in [-0.4, -0.2) is 10.9 Å². The second-order valence-corrected chi connectivity index (χ2v) is 6.40. The predicted molar refractivity (Wildman–Crippen MR) is 80.6 cm³/mol. The fourth-order valence-electron chi connectivity index (χ4n) is 1.68. The summed E-state index contributed by atoms with van der Waals surface area (Å²) in [5, 5.41) is 5.97. The average Bonchev–Trinajstić information content (AvgIpc) is 2.78. The van der Waals surface area contributed by atoms with Gasteiger partial charge in [0.1, 0.15) is 0 Å². The molecule has 2 rings (SSSR count). The monoisotopic (exact) mass is 274 g/mol. The van der Waals surface area contributed by atoms with Gasteiger partial charge in [0.05, 0.1) is 10.7 Å². The SMILES string of the molecule is CC(=O)Nc1ccc(-c2csc(C(C)(C)C)n2)cc1. The van der Waals surface area contributed by atoms with Crippen LogP contribution < -0.4 is 5.32 Å². The van der Waals surface area contributed by atoms with Gasteiger partial charge in [-0.1, -0.05) is 32.9 Å². The number of carbonyl (C=O) groups is 1. The van der Waals surface area contributed by atoms with Crippen molar-refractivity contribution >= 4 is 22.9 Å². The lowest BCUT2D eigenvalue weighted by molar-refractivity contribution is -0.114. The Kier molecular flexibility index (Phi) is 3.71. The fraction of sp³-hybridized carbons (Fsp3) is 0.333. The zero-order valence-corrected chi connectivity index (χ0v) is 12.5. The highest BCUT2D eigenvalue weighted by Crippen LogP contribution is 2.30. The van der Waals surface area contributed by atoms with E-state index >= 15 is 0 Å². The van der Waals surface area contributed by atoms with E-state index in [-0.39, 0.29) is 11.3 Å². The van der Waals surface area contributed by atoms with Crippen LogP contribution in [0.5, 0.6) is 0 Å². The molecular formula is C15H18N2OS. The van der Waals surface area contributed by atoms with Gasteiger partial charge in [0.15, 0.2) is 0 Å². The molecule has 0 aliphatic heterocycles. The second-order valence-electron chi connectivity index (χ2n) is 5.55. The molecule has 0 aliphatic carbocycles. The molecule has 19 heavy (non-hydrogen) atoms. The molecule has 0 atom stereocenters. The standard InChI is InChI=1S/C15H18N2OS/c1-10(18)16-12-7-5-11(6-8-12)13-9-19-14(17-13)15(2,3)4/h5-9H,1-4H3,(H,16,18). The van der Waals surface area contributed by atoms with Crippen LogP contribution in [0.3, 0.4) is 0 Å². The molecule has 0 saturated heterocycles. The van der Waals surface area contributed by atoms with E-state index < -0.39 is 0 Å². The van der Waals surface area contributed by atoms with E-state index in [1.54, 1.807) is 11.3 Å². The smallest absolute Gasteiger partial charge is 0.221 e. The highest BCUT2D eigenvalue weighted by molar-refractivity contribution is 7.10. The van der Waals surface area contributed by atoms with Crippen LogP contribution in [0.15, 0.2) is 29.6 Å². The van der Waals surface area contributed by atoms with E-state index in [1.807, 2.05) is 24.3 Å². The number of amides is 1. The molecule has 0 radical (unpaired) electrons. The zero-order valence-electron chi connectivity index (χ0n) is 11.7. The summed E-state index contributed by atoms with van der Waals surface area (Å²) >= 11 is 1.69. The number of carbonyl (C=O) groups excluding carboxylic acids is 1. The molecule has 1 heterocycles. The average molecular weight is 274 g/mol. The lowest BCUT2D eigenvalue weighted by Crippen LogP contribution is -2.10. The maximum Gasteiger partial charge on any atom is 0.221 e. The Hall–Kier alpha value is -1.68. The molecule has 100 valence electrons. The van der Waals surface area contributed by atoms with Crippen LogP contribution >= 0.6 is 11.3 Å². The molecule has 1 aromatic heterocycles. The number of hydrogen-bond acceptors (Lipinski definition) is 3. The van der Waals surface area contributed by atoms with E-state index in [1.165, 1.54) is 6.92 Å². The zero-order chi connectivity index (χ0) is 14.0. The van der Waals surface area contributed by atoms with Gasteiger partial charge in [0.25, 0.3) is 0 Å². The van der Waals surface area contributed by atoms with Crippen LogP contribution in [0.4, 0.5) is 5.69 Å². The third kappa shape index (κ3) is 3.41. The van der Waals surface area contributed by atoms with Crippen molar-refractivity contribution in [3.8, 4) is 11.3 Å². The van der Waals surface area contributed by atoms with E-state index in [9.17, 15) is 4.79 Å². The number of nitrogens with one attached hydrogen (secondary N) is 1. The Morgan fingerprint density at radius 1 is 1.21 bits per heavy atom. The molecular weight excluding hydrogens is 256 g/mol. The Labute approximate surface area is 117 Å². The second kappa shape index (κ2) is 5.13. The van der Waals surface area contributed by atoms with Crippen molar-refractivity contribution in [1.82, 2.24) is 4.98 Å². The number of aromatic nitrogens is 1. The van der Waals surface area contributed by atoms with Crippen molar-refractivity contribution < 1.29 is 4.79 Å². The summed E-state index contributed by atoms with van der Waals surface area (Å²) in [4.78, 5) is 15.6. The van der Waals surface area contributed by atoms with E-state index in [4.69, 9.17) is 0 Å². The Balaban J connectivity index is 2.23. The minimum Gasteiger partial charge on any atom is -0.326 e. The van der Waals surface area contributed by atoms with E-state index in [0.29, 0.717) is 0 Å². The summed E-state index contributed by atoms with van der Waals surface area (Å²) in [6.07, 6.45) is 0. The summed E-state index contributed by atoms with van der Waals surface area (Å²) in [6, 6.07) is 7.75. The number of hydrogen-bond donors (Lipinski definition) is 1. The van der Waals surface area contributed by atoms with E-state index in [2.05, 4.69) is 36.5 Å². The molecule has 0 unspecified atom stereocenters. The molecule has 0 spiro atoms. The Morgan fingerprint density at radius 2 is 1.84 bits per heavy atom. The van der Waals surface area contributed by atoms with E-state index in [0.717, 1.165) is 22.0 Å². The summed E-state index contributed by atoms with van der Waals surface area (Å²) in [6.45, 7) is 7.99. The van der Waals surface area contributed by atoms with Crippen LogP contribution in [0.25, 0.3) is 11.3 Å². The van der Waals surface area contributed by atoms with Crippen molar-refractivity contribution in [3.63, 3.8) is 0 Å². The van der Waals surface area contributed by atoms with Gasteiger partial charge in [-0.15, -0.1) is 11.3 Å². The predicted octanol–water partition coefficient (Wildman–Crippen LogP) is 4.07. The van der Waals surface area contributed by atoms with Crippen molar-refractivity contribution in [2.75, 3.05) is 5.32 Å². The Bertz CT molecular complexity index is 579. The lowest BCUT2D eigenvalue weighted by atomic mass is 9.98. The minimum absolute atomic E-state index is 0.0589. The number of benzene rings is 1. The first-order valence-corrected chi connectivity index (χ1v) is 7.08. The van der Waals surface area contributed by atoms with Gasteiger partial charge in [0, 0.05) is 29.0 Å². The molecule has 0 fully saturated rings. The maximum absolute atomic E-state index is 11.0. The lowest BCUT2D eigenvalue weighted by Gasteiger charge is -2.13. The summed E-state index contributed by atoms with van der Waals surface area (Å²) < 4.78 is 0. The Morgan fingerprint density at radius 3 is 2.32 bits per heavy atom. The molecule has 2 aromatic rings. The van der Waals surface area contributed by atoms with Gasteiger partial charge < -0.3 is 5.32 Å². The molecule has 0 bridgehead atoms. The van der Waals surface area contributed by atoms with Crippen LogP contribution in [0.1, 0.15) is 32.7 Å². The molecule has 0 aliphatic rings. The molecule has 0 saturated carbocycles.